The summed E-state index contributed by atoms with van der Waals surface area (Å²) >= 11 is 0. The Balaban J connectivity index is 2.34. The Bertz CT molecular complexity index is 656. The fraction of sp³-hybridized carbons (Fsp3) is 0.400. The molecule has 19 heavy (non-hydrogen) atoms. The van der Waals surface area contributed by atoms with Crippen molar-refractivity contribution in [3.05, 3.63) is 57.0 Å². The molecule has 0 fully saturated rings. The molecule has 4 N–H and O–H groups in total. The summed E-state index contributed by atoms with van der Waals surface area (Å²) in [5.41, 5.74) is 9.41. The number of nitrogens with two attached hydrogens (primary N) is 1. The monoisotopic (exact) mass is 258 g/mol. The molecule has 0 saturated carbocycles. The molecule has 0 amide bonds. The van der Waals surface area contributed by atoms with E-state index < -0.39 is 11.6 Å². The Hall–Kier alpha value is -1.65. The van der Waals surface area contributed by atoms with Crippen molar-refractivity contribution in [3.63, 3.8) is 0 Å². The number of pyridine rings is 1. The van der Waals surface area contributed by atoms with Crippen molar-refractivity contribution in [2.24, 2.45) is 11.7 Å². The third-order valence-corrected chi connectivity index (χ3v) is 4.27. The van der Waals surface area contributed by atoms with Gasteiger partial charge in [-0.1, -0.05) is 17.7 Å². The Morgan fingerprint density at radius 1 is 1.53 bits per heavy atom. The van der Waals surface area contributed by atoms with Gasteiger partial charge < -0.3 is 15.8 Å². The van der Waals surface area contributed by atoms with Crippen molar-refractivity contribution in [3.8, 4) is 0 Å². The lowest BCUT2D eigenvalue weighted by Crippen LogP contribution is -2.49. The van der Waals surface area contributed by atoms with E-state index in [0.717, 1.165) is 17.6 Å². The van der Waals surface area contributed by atoms with Gasteiger partial charge in [0.1, 0.15) is 6.10 Å². The number of H-pyrrole nitrogens is 1. The van der Waals surface area contributed by atoms with Gasteiger partial charge in [-0.15, -0.1) is 0 Å². The van der Waals surface area contributed by atoms with Gasteiger partial charge in [-0.05, 0) is 37.5 Å². The quantitative estimate of drug-likeness (QED) is 0.617. The highest BCUT2D eigenvalue weighted by atomic mass is 16.3. The summed E-state index contributed by atoms with van der Waals surface area (Å²) in [6, 6.07) is 3.22. The first-order chi connectivity index (χ1) is 8.97. The lowest BCUT2D eigenvalue weighted by atomic mass is 9.62. The predicted molar refractivity (Wildman–Crippen MR) is 73.5 cm³/mol. The van der Waals surface area contributed by atoms with Gasteiger partial charge >= 0.3 is 0 Å². The summed E-state index contributed by atoms with van der Waals surface area (Å²) in [7, 11) is 0. The van der Waals surface area contributed by atoms with E-state index in [9.17, 15) is 9.90 Å². The van der Waals surface area contributed by atoms with Crippen LogP contribution in [0.25, 0.3) is 0 Å². The summed E-state index contributed by atoms with van der Waals surface area (Å²) in [6.45, 7) is 3.98. The Kier molecular flexibility index (Phi) is 2.56. The predicted octanol–water partition coefficient (Wildman–Crippen LogP) is 1.49. The normalized spacial score (nSPS) is 34.9. The zero-order valence-electron chi connectivity index (χ0n) is 11.1. The maximum absolute atomic E-state index is 11.5. The Morgan fingerprint density at radius 2 is 2.26 bits per heavy atom. The third-order valence-electron chi connectivity index (χ3n) is 4.27. The number of rotatable bonds is 0. The van der Waals surface area contributed by atoms with Crippen LogP contribution in [0.1, 0.15) is 37.6 Å². The molecule has 0 aromatic carbocycles. The van der Waals surface area contributed by atoms with Crippen LogP contribution in [0.15, 0.2) is 40.2 Å². The van der Waals surface area contributed by atoms with Gasteiger partial charge in [0, 0.05) is 12.0 Å². The number of hydrogen-bond donors (Lipinski definition) is 3. The van der Waals surface area contributed by atoms with E-state index in [0.29, 0.717) is 5.69 Å². The first kappa shape index (κ1) is 12.4. The molecule has 100 valence electrons. The van der Waals surface area contributed by atoms with Crippen LogP contribution in [-0.4, -0.2) is 10.1 Å². The maximum atomic E-state index is 11.5. The second kappa shape index (κ2) is 3.92. The summed E-state index contributed by atoms with van der Waals surface area (Å²) < 4.78 is 0. The highest BCUT2D eigenvalue weighted by Gasteiger charge is 2.47. The molecule has 0 aliphatic heterocycles. The topological polar surface area (TPSA) is 79.1 Å². The smallest absolute Gasteiger partial charge is 0.248 e. The maximum Gasteiger partial charge on any atom is 0.248 e. The van der Waals surface area contributed by atoms with Crippen LogP contribution < -0.4 is 11.3 Å². The molecule has 1 aromatic heterocycles. The van der Waals surface area contributed by atoms with Crippen molar-refractivity contribution >= 4 is 0 Å². The van der Waals surface area contributed by atoms with Crippen LogP contribution in [0.2, 0.25) is 0 Å². The number of hydrogen-bond acceptors (Lipinski definition) is 3. The van der Waals surface area contributed by atoms with Crippen LogP contribution in [0, 0.1) is 5.92 Å². The minimum absolute atomic E-state index is 0.144. The van der Waals surface area contributed by atoms with Crippen LogP contribution in [-0.2, 0) is 5.54 Å². The molecule has 0 radical (unpaired) electrons. The van der Waals surface area contributed by atoms with E-state index in [1.54, 1.807) is 6.07 Å². The summed E-state index contributed by atoms with van der Waals surface area (Å²) in [5.74, 6) is -0.144. The van der Waals surface area contributed by atoms with E-state index in [-0.39, 0.29) is 11.5 Å². The number of aliphatic hydroxyl groups excluding tert-OH is 1. The molecular weight excluding hydrogens is 240 g/mol. The molecular formula is C15H18N2O2. The fourth-order valence-corrected chi connectivity index (χ4v) is 3.55. The largest absolute Gasteiger partial charge is 0.386 e. The molecule has 2 aliphatic rings. The molecule has 1 aromatic rings. The Labute approximate surface area is 111 Å². The van der Waals surface area contributed by atoms with E-state index >= 15 is 0 Å². The van der Waals surface area contributed by atoms with E-state index in [1.807, 2.05) is 19.9 Å². The number of nitrogens with one attached hydrogen (secondary N) is 1. The first-order valence-corrected chi connectivity index (χ1v) is 6.52. The molecule has 2 bridgehead atoms. The lowest BCUT2D eigenvalue weighted by Gasteiger charge is -2.47. The molecule has 1 heterocycles. The minimum Gasteiger partial charge on any atom is -0.386 e. The van der Waals surface area contributed by atoms with Gasteiger partial charge in [0.15, 0.2) is 0 Å². The first-order valence-electron chi connectivity index (χ1n) is 6.52. The molecule has 4 nitrogen and oxygen atoms in total. The number of allylic oxidation sites excluding steroid dienone is 1. The number of fused-ring (bicyclic) bond motifs is 4. The fourth-order valence-electron chi connectivity index (χ4n) is 3.55. The van der Waals surface area contributed by atoms with Gasteiger partial charge in [0.2, 0.25) is 5.56 Å². The van der Waals surface area contributed by atoms with Gasteiger partial charge in [-0.2, -0.15) is 0 Å². The summed E-state index contributed by atoms with van der Waals surface area (Å²) in [6.07, 6.45) is 4.03. The molecule has 4 heteroatoms. The summed E-state index contributed by atoms with van der Waals surface area (Å²) in [5, 5.41) is 10.5. The average Bonchev–Trinajstić information content (AvgIpc) is 2.35. The van der Waals surface area contributed by atoms with Crippen LogP contribution in [0.4, 0.5) is 0 Å². The van der Waals surface area contributed by atoms with Crippen LogP contribution >= 0.6 is 0 Å². The van der Waals surface area contributed by atoms with Crippen molar-refractivity contribution < 1.29 is 5.11 Å². The zero-order chi connectivity index (χ0) is 13.8. The van der Waals surface area contributed by atoms with Crippen LogP contribution in [0.3, 0.4) is 0 Å². The Morgan fingerprint density at radius 3 is 2.95 bits per heavy atom. The van der Waals surface area contributed by atoms with E-state index in [1.165, 1.54) is 11.6 Å². The number of aromatic amines is 1. The van der Waals surface area contributed by atoms with Crippen molar-refractivity contribution in [1.29, 1.82) is 0 Å². The second-order valence-electron chi connectivity index (χ2n) is 5.53. The standard InChI is InChI=1S/C15H18N2O2/c1-3-10-9-6-8(2)7-15(10,16)11-4-5-12(18)17-13(11)14(9)19/h3-6,9,14,19H,7,16H2,1-2H3,(H,17,18)/b10-3+/t9-,14-,15+/m1/s1. The number of aliphatic hydroxyl groups is 1. The molecule has 0 saturated heterocycles. The highest BCUT2D eigenvalue weighted by molar-refractivity contribution is 5.50. The van der Waals surface area contributed by atoms with Gasteiger partial charge in [-0.25, -0.2) is 0 Å². The van der Waals surface area contributed by atoms with Gasteiger partial charge in [0.25, 0.3) is 0 Å². The number of aromatic nitrogens is 1. The molecule has 3 atom stereocenters. The van der Waals surface area contributed by atoms with Crippen molar-refractivity contribution in [1.82, 2.24) is 4.98 Å². The van der Waals surface area contributed by atoms with Crippen LogP contribution in [0.5, 0.6) is 0 Å². The molecule has 0 unspecified atom stereocenters. The minimum atomic E-state index is -0.734. The van der Waals surface area contributed by atoms with Crippen molar-refractivity contribution in [2.45, 2.75) is 31.9 Å². The average molecular weight is 258 g/mol. The SMILES string of the molecule is C/C=C1\[C@H]2C=C(C)C[C@@]1(N)c1ccc(=O)[nH]c1[C@@H]2O. The molecule has 0 spiro atoms. The van der Waals surface area contributed by atoms with Crippen molar-refractivity contribution in [2.75, 3.05) is 0 Å². The van der Waals surface area contributed by atoms with E-state index in [2.05, 4.69) is 11.1 Å². The van der Waals surface area contributed by atoms with Gasteiger partial charge in [0.05, 0.1) is 11.2 Å². The van der Waals surface area contributed by atoms with E-state index in [4.69, 9.17) is 5.73 Å². The lowest BCUT2D eigenvalue weighted by molar-refractivity contribution is 0.116. The zero-order valence-corrected chi connectivity index (χ0v) is 11.1. The second-order valence-corrected chi connectivity index (χ2v) is 5.53. The van der Waals surface area contributed by atoms with Gasteiger partial charge in [-0.3, -0.25) is 4.79 Å². The molecule has 2 aliphatic carbocycles. The summed E-state index contributed by atoms with van der Waals surface area (Å²) in [4.78, 5) is 14.2. The third kappa shape index (κ3) is 1.57. The molecule has 3 rings (SSSR count). The highest BCUT2D eigenvalue weighted by Crippen LogP contribution is 2.51.